The molecule has 3 aromatic rings. The van der Waals surface area contributed by atoms with Gasteiger partial charge in [0.25, 0.3) is 0 Å². The van der Waals surface area contributed by atoms with E-state index in [1.807, 2.05) is 13.8 Å². The van der Waals surface area contributed by atoms with Crippen molar-refractivity contribution in [2.75, 3.05) is 10.5 Å². The summed E-state index contributed by atoms with van der Waals surface area (Å²) < 4.78 is 59.2. The van der Waals surface area contributed by atoms with Crippen molar-refractivity contribution in [1.29, 1.82) is 5.26 Å². The Hall–Kier alpha value is -3.12. The number of nitriles is 1. The number of ether oxygens (including phenoxy) is 1. The molecule has 9 heteroatoms. The number of aromatic nitrogens is 1. The fourth-order valence-electron chi connectivity index (χ4n) is 4.25. The van der Waals surface area contributed by atoms with Crippen molar-refractivity contribution in [1.82, 2.24) is 4.57 Å². The van der Waals surface area contributed by atoms with Crippen molar-refractivity contribution in [3.8, 4) is 23.1 Å². The van der Waals surface area contributed by atoms with Crippen LogP contribution in [-0.4, -0.2) is 25.3 Å². The van der Waals surface area contributed by atoms with E-state index in [0.717, 1.165) is 30.3 Å². The summed E-state index contributed by atoms with van der Waals surface area (Å²) in [5, 5.41) is 10.5. The topological polar surface area (TPSA) is 84.1 Å². The number of halogens is 2. The molecular weight excluding hydrogens is 448 g/mol. The second-order valence-electron chi connectivity index (χ2n) is 8.70. The lowest BCUT2D eigenvalue weighted by Crippen LogP contribution is -2.20. The number of benzene rings is 2. The van der Waals surface area contributed by atoms with Crippen LogP contribution in [-0.2, 0) is 10.0 Å². The van der Waals surface area contributed by atoms with Gasteiger partial charge < -0.3 is 9.30 Å². The van der Waals surface area contributed by atoms with Crippen LogP contribution >= 0.6 is 0 Å². The number of hydrogen-bond donors (Lipinski definition) is 1. The van der Waals surface area contributed by atoms with Crippen molar-refractivity contribution >= 4 is 26.6 Å². The Bertz CT molecular complexity index is 1310. The predicted molar refractivity (Wildman–Crippen MR) is 124 cm³/mol. The van der Waals surface area contributed by atoms with E-state index >= 15 is 0 Å². The molecule has 1 fully saturated rings. The number of nitrogens with one attached hydrogen (secondary N) is 1. The second kappa shape index (κ2) is 9.02. The molecule has 1 heterocycles. The zero-order chi connectivity index (χ0) is 23.8. The summed E-state index contributed by atoms with van der Waals surface area (Å²) in [6.45, 7) is 0.721. The van der Waals surface area contributed by atoms with Crippen molar-refractivity contribution in [2.24, 2.45) is 5.92 Å². The summed E-state index contributed by atoms with van der Waals surface area (Å²) in [7, 11) is -3.46. The number of alkyl halides is 2. The van der Waals surface area contributed by atoms with Crippen molar-refractivity contribution < 1.29 is 21.9 Å². The molecule has 0 atom stereocenters. The minimum atomic E-state index is -3.46. The molecule has 1 aromatic heterocycles. The third-order valence-electron chi connectivity index (χ3n) is 5.74. The number of sulfonamides is 1. The fourth-order valence-corrected chi connectivity index (χ4v) is 5.70. The molecule has 1 aliphatic carbocycles. The van der Waals surface area contributed by atoms with Crippen LogP contribution < -0.4 is 9.46 Å². The molecule has 174 valence electrons. The molecule has 0 radical (unpaired) electrons. The third-order valence-corrected chi connectivity index (χ3v) is 7.39. The Morgan fingerprint density at radius 2 is 1.88 bits per heavy atom. The van der Waals surface area contributed by atoms with Gasteiger partial charge in [-0.3, -0.25) is 4.72 Å². The Labute approximate surface area is 191 Å². The monoisotopic (exact) mass is 473 g/mol. The molecule has 0 unspecified atom stereocenters. The van der Waals surface area contributed by atoms with Gasteiger partial charge in [-0.25, -0.2) is 8.42 Å². The van der Waals surface area contributed by atoms with Crippen LogP contribution in [0, 0.1) is 17.2 Å². The molecule has 0 spiro atoms. The smallest absolute Gasteiger partial charge is 0.387 e. The maximum atomic E-state index is 12.7. The van der Waals surface area contributed by atoms with E-state index in [2.05, 4.69) is 20.1 Å². The van der Waals surface area contributed by atoms with E-state index in [0.29, 0.717) is 22.3 Å². The molecule has 1 aliphatic rings. The summed E-state index contributed by atoms with van der Waals surface area (Å²) in [6, 6.07) is 14.0. The first-order valence-electron chi connectivity index (χ1n) is 10.8. The van der Waals surface area contributed by atoms with E-state index < -0.39 is 16.6 Å². The number of hydrogen-bond acceptors (Lipinski definition) is 4. The molecule has 4 rings (SSSR count). The maximum Gasteiger partial charge on any atom is 0.387 e. The van der Waals surface area contributed by atoms with E-state index in [1.54, 1.807) is 30.3 Å². The summed E-state index contributed by atoms with van der Waals surface area (Å²) in [5.74, 6) is 0.0185. The molecule has 2 aromatic carbocycles. The van der Waals surface area contributed by atoms with Gasteiger partial charge in [0.2, 0.25) is 10.0 Å². The largest absolute Gasteiger partial charge is 0.435 e. The van der Waals surface area contributed by atoms with Crippen molar-refractivity contribution in [3.05, 3.63) is 48.0 Å². The van der Waals surface area contributed by atoms with Crippen molar-refractivity contribution in [2.45, 2.75) is 45.8 Å². The standard InChI is InChI=1S/C24H25F2N3O3S/c1-15(2)14-33(30,31)28-17-8-6-16(7-9-17)23-21(13-27)20-12-19(32-24(25)26)10-11-22(20)29(23)18-4-3-5-18/h6-12,15,18,24,28H,3-5,14H2,1-2H3. The highest BCUT2D eigenvalue weighted by Crippen LogP contribution is 2.43. The molecule has 6 nitrogen and oxygen atoms in total. The van der Waals surface area contributed by atoms with Crippen LogP contribution in [0.1, 0.15) is 44.7 Å². The molecule has 0 aliphatic heterocycles. The minimum absolute atomic E-state index is 0.00113. The van der Waals surface area contributed by atoms with Gasteiger partial charge in [-0.05, 0) is 61.1 Å². The van der Waals surface area contributed by atoms with Crippen LogP contribution in [0.5, 0.6) is 5.75 Å². The highest BCUT2D eigenvalue weighted by molar-refractivity contribution is 7.92. The van der Waals surface area contributed by atoms with E-state index in [4.69, 9.17) is 0 Å². The van der Waals surface area contributed by atoms with Gasteiger partial charge >= 0.3 is 6.61 Å². The maximum absolute atomic E-state index is 12.7. The average Bonchev–Trinajstić information content (AvgIpc) is 2.99. The zero-order valence-corrected chi connectivity index (χ0v) is 19.2. The van der Waals surface area contributed by atoms with Crippen LogP contribution in [0.3, 0.4) is 0 Å². The zero-order valence-electron chi connectivity index (χ0n) is 18.4. The first kappa shape index (κ1) is 23.1. The number of anilines is 1. The molecule has 0 bridgehead atoms. The van der Waals surface area contributed by atoms with Crippen LogP contribution in [0.15, 0.2) is 42.5 Å². The highest BCUT2D eigenvalue weighted by atomic mass is 32.2. The van der Waals surface area contributed by atoms with Gasteiger partial charge in [-0.15, -0.1) is 0 Å². The van der Waals surface area contributed by atoms with Crippen LogP contribution in [0.4, 0.5) is 14.5 Å². The summed E-state index contributed by atoms with van der Waals surface area (Å²) in [5.41, 5.74) is 3.05. The van der Waals surface area contributed by atoms with Crippen LogP contribution in [0.2, 0.25) is 0 Å². The summed E-state index contributed by atoms with van der Waals surface area (Å²) >= 11 is 0. The summed E-state index contributed by atoms with van der Waals surface area (Å²) in [4.78, 5) is 0. The molecule has 0 amide bonds. The van der Waals surface area contributed by atoms with E-state index in [1.165, 1.54) is 12.1 Å². The van der Waals surface area contributed by atoms with Crippen molar-refractivity contribution in [3.63, 3.8) is 0 Å². The lowest BCUT2D eigenvalue weighted by molar-refractivity contribution is -0.0497. The van der Waals surface area contributed by atoms with Gasteiger partial charge in [0.1, 0.15) is 11.8 Å². The first-order chi connectivity index (χ1) is 15.7. The van der Waals surface area contributed by atoms with Gasteiger partial charge in [-0.1, -0.05) is 26.0 Å². The van der Waals surface area contributed by atoms with Gasteiger partial charge in [0.15, 0.2) is 0 Å². The Kier molecular flexibility index (Phi) is 6.30. The Balaban J connectivity index is 1.78. The van der Waals surface area contributed by atoms with Gasteiger partial charge in [0.05, 0.1) is 22.5 Å². The predicted octanol–water partition coefficient (Wildman–Crippen LogP) is 5.90. The average molecular weight is 474 g/mol. The summed E-state index contributed by atoms with van der Waals surface area (Å²) in [6.07, 6.45) is 3.00. The number of nitrogens with zero attached hydrogens (tertiary/aromatic N) is 2. The Morgan fingerprint density at radius 3 is 2.42 bits per heavy atom. The van der Waals surface area contributed by atoms with Crippen LogP contribution in [0.25, 0.3) is 22.2 Å². The molecule has 1 N–H and O–H groups in total. The number of rotatable bonds is 8. The third kappa shape index (κ3) is 4.81. The normalized spacial score (nSPS) is 14.5. The second-order valence-corrected chi connectivity index (χ2v) is 10.5. The molecular formula is C24H25F2N3O3S. The number of fused-ring (bicyclic) bond motifs is 1. The first-order valence-corrected chi connectivity index (χ1v) is 12.5. The highest BCUT2D eigenvalue weighted by Gasteiger charge is 2.28. The van der Waals surface area contributed by atoms with Gasteiger partial charge in [-0.2, -0.15) is 14.0 Å². The SMILES string of the molecule is CC(C)CS(=O)(=O)Nc1ccc(-c2c(C#N)c3cc(OC(F)F)ccc3n2C2CCC2)cc1. The quantitative estimate of drug-likeness (QED) is 0.441. The van der Waals surface area contributed by atoms with E-state index in [9.17, 15) is 22.5 Å². The molecule has 0 saturated heterocycles. The van der Waals surface area contributed by atoms with Gasteiger partial charge in [0, 0.05) is 17.1 Å². The van der Waals surface area contributed by atoms with E-state index in [-0.39, 0.29) is 23.5 Å². The molecule has 33 heavy (non-hydrogen) atoms. The minimum Gasteiger partial charge on any atom is -0.435 e. The lowest BCUT2D eigenvalue weighted by atomic mass is 9.92. The fraction of sp³-hybridized carbons (Fsp3) is 0.375. The lowest BCUT2D eigenvalue weighted by Gasteiger charge is -2.30. The Morgan fingerprint density at radius 1 is 1.18 bits per heavy atom. The molecule has 1 saturated carbocycles.